The molecule has 2 atom stereocenters. The molecule has 2 amide bonds. The van der Waals surface area contributed by atoms with Crippen LogP contribution in [-0.2, 0) is 9.59 Å². The molecule has 148 valence electrons. The number of aromatic nitrogens is 1. The van der Waals surface area contributed by atoms with Gasteiger partial charge in [-0.05, 0) is 37.1 Å². The molecule has 3 aromatic rings. The zero-order valence-corrected chi connectivity index (χ0v) is 16.7. The Bertz CT molecular complexity index is 1050. The summed E-state index contributed by atoms with van der Waals surface area (Å²) in [5.74, 6) is 0.537. The van der Waals surface area contributed by atoms with Gasteiger partial charge in [-0.3, -0.25) is 9.59 Å². The van der Waals surface area contributed by atoms with E-state index in [1.165, 1.54) is 4.70 Å². The summed E-state index contributed by atoms with van der Waals surface area (Å²) in [4.78, 5) is 31.9. The van der Waals surface area contributed by atoms with Gasteiger partial charge in [0.05, 0.1) is 27.3 Å². The van der Waals surface area contributed by atoms with Crippen LogP contribution in [0.4, 0.5) is 5.69 Å². The van der Waals surface area contributed by atoms with E-state index in [4.69, 9.17) is 9.72 Å². The van der Waals surface area contributed by atoms with Crippen LogP contribution in [0.2, 0.25) is 0 Å². The fourth-order valence-electron chi connectivity index (χ4n) is 3.98. The fourth-order valence-corrected chi connectivity index (χ4v) is 5.08. The molecule has 1 saturated heterocycles. The fraction of sp³-hybridized carbons (Fsp3) is 0.318. The van der Waals surface area contributed by atoms with Crippen molar-refractivity contribution in [2.24, 2.45) is 0 Å². The largest absolute Gasteiger partial charge is 0.478 e. The zero-order chi connectivity index (χ0) is 19.8. The molecule has 2 unspecified atom stereocenters. The van der Waals surface area contributed by atoms with Gasteiger partial charge in [-0.25, -0.2) is 4.98 Å². The number of amides is 2. The number of hydrogen-bond acceptors (Lipinski definition) is 5. The van der Waals surface area contributed by atoms with Crippen molar-refractivity contribution in [2.45, 2.75) is 31.3 Å². The van der Waals surface area contributed by atoms with Crippen molar-refractivity contribution >= 4 is 39.1 Å². The summed E-state index contributed by atoms with van der Waals surface area (Å²) in [6, 6.07) is 15.4. The van der Waals surface area contributed by atoms with Gasteiger partial charge in [-0.1, -0.05) is 24.3 Å². The maximum absolute atomic E-state index is 12.9. The average Bonchev–Trinajstić information content (AvgIpc) is 3.19. The third-order valence-electron chi connectivity index (χ3n) is 5.50. The van der Waals surface area contributed by atoms with Gasteiger partial charge in [-0.2, -0.15) is 0 Å². The number of rotatable bonds is 3. The number of carbonyl (C=O) groups excluding carboxylic acids is 2. The number of para-hydroxylation sites is 3. The van der Waals surface area contributed by atoms with Gasteiger partial charge in [0.25, 0.3) is 5.91 Å². The van der Waals surface area contributed by atoms with Crippen LogP contribution < -0.4 is 10.1 Å². The van der Waals surface area contributed by atoms with Gasteiger partial charge in [0, 0.05) is 19.0 Å². The highest BCUT2D eigenvalue weighted by molar-refractivity contribution is 7.18. The second-order valence-corrected chi connectivity index (χ2v) is 8.56. The van der Waals surface area contributed by atoms with Crippen molar-refractivity contribution in [1.29, 1.82) is 0 Å². The number of piperidine rings is 1. The van der Waals surface area contributed by atoms with Crippen LogP contribution in [0.3, 0.4) is 0 Å². The molecule has 0 radical (unpaired) electrons. The van der Waals surface area contributed by atoms with Gasteiger partial charge in [-0.15, -0.1) is 11.3 Å². The number of ether oxygens (including phenoxy) is 1. The quantitative estimate of drug-likeness (QED) is 0.717. The number of anilines is 1. The smallest absolute Gasteiger partial charge is 0.266 e. The minimum Gasteiger partial charge on any atom is -0.478 e. The maximum Gasteiger partial charge on any atom is 0.266 e. The van der Waals surface area contributed by atoms with Crippen LogP contribution in [0.5, 0.6) is 5.75 Å². The summed E-state index contributed by atoms with van der Waals surface area (Å²) >= 11 is 1.71. The van der Waals surface area contributed by atoms with Crippen LogP contribution >= 0.6 is 11.3 Å². The summed E-state index contributed by atoms with van der Waals surface area (Å²) in [7, 11) is 0. The third-order valence-corrected chi connectivity index (χ3v) is 6.70. The minimum absolute atomic E-state index is 0.0460. The van der Waals surface area contributed by atoms with E-state index in [0.29, 0.717) is 24.5 Å². The Kier molecular flexibility index (Phi) is 4.67. The van der Waals surface area contributed by atoms with Gasteiger partial charge < -0.3 is 15.0 Å². The summed E-state index contributed by atoms with van der Waals surface area (Å²) in [5, 5.41) is 3.91. The van der Waals surface area contributed by atoms with Crippen molar-refractivity contribution in [3.05, 3.63) is 53.5 Å². The van der Waals surface area contributed by atoms with Crippen molar-refractivity contribution < 1.29 is 14.3 Å². The second kappa shape index (κ2) is 7.48. The van der Waals surface area contributed by atoms with E-state index < -0.39 is 6.10 Å². The lowest BCUT2D eigenvalue weighted by atomic mass is 9.98. The molecule has 2 aliphatic rings. The highest BCUT2D eigenvalue weighted by Gasteiger charge is 2.33. The van der Waals surface area contributed by atoms with Gasteiger partial charge in [0.2, 0.25) is 5.91 Å². The minimum atomic E-state index is -0.791. The molecular weight excluding hydrogens is 386 g/mol. The first-order valence-electron chi connectivity index (χ1n) is 9.87. The second-order valence-electron chi connectivity index (χ2n) is 7.49. The summed E-state index contributed by atoms with van der Waals surface area (Å²) in [5.41, 5.74) is 1.66. The summed E-state index contributed by atoms with van der Waals surface area (Å²) < 4.78 is 6.96. The van der Waals surface area contributed by atoms with Crippen LogP contribution in [0, 0.1) is 0 Å². The molecular formula is C22H21N3O3S. The molecule has 0 saturated carbocycles. The molecule has 1 aromatic heterocycles. The molecule has 0 spiro atoms. The first-order valence-corrected chi connectivity index (χ1v) is 10.7. The number of nitrogens with one attached hydrogen (secondary N) is 1. The van der Waals surface area contributed by atoms with E-state index in [0.717, 1.165) is 23.4 Å². The van der Waals surface area contributed by atoms with Crippen LogP contribution in [0.15, 0.2) is 48.5 Å². The van der Waals surface area contributed by atoms with E-state index >= 15 is 0 Å². The number of hydrogen-bond donors (Lipinski definition) is 1. The van der Waals surface area contributed by atoms with Gasteiger partial charge in [0.1, 0.15) is 5.75 Å². The molecule has 29 heavy (non-hydrogen) atoms. The predicted molar refractivity (Wildman–Crippen MR) is 112 cm³/mol. The lowest BCUT2D eigenvalue weighted by molar-refractivity contribution is -0.138. The van der Waals surface area contributed by atoms with Crippen molar-refractivity contribution in [3.8, 4) is 5.75 Å². The lowest BCUT2D eigenvalue weighted by Crippen LogP contribution is -2.44. The maximum atomic E-state index is 12.9. The zero-order valence-electron chi connectivity index (χ0n) is 15.8. The van der Waals surface area contributed by atoms with Crippen molar-refractivity contribution in [3.63, 3.8) is 0 Å². The third kappa shape index (κ3) is 3.58. The van der Waals surface area contributed by atoms with Crippen molar-refractivity contribution in [1.82, 2.24) is 9.88 Å². The van der Waals surface area contributed by atoms with E-state index in [1.54, 1.807) is 23.5 Å². The monoisotopic (exact) mass is 407 g/mol. The Labute approximate surface area is 172 Å². The molecule has 1 fully saturated rings. The number of likely N-dealkylation sites (tertiary alicyclic amines) is 1. The number of thiazole rings is 1. The molecule has 1 N–H and O–H groups in total. The number of carbonyl (C=O) groups is 2. The number of nitrogens with zero attached hydrogens (tertiary/aromatic N) is 2. The molecule has 2 aliphatic heterocycles. The molecule has 3 heterocycles. The number of benzene rings is 2. The van der Waals surface area contributed by atoms with E-state index in [2.05, 4.69) is 11.4 Å². The highest BCUT2D eigenvalue weighted by Crippen LogP contribution is 2.34. The highest BCUT2D eigenvalue weighted by atomic mass is 32.1. The van der Waals surface area contributed by atoms with E-state index in [9.17, 15) is 9.59 Å². The Hall–Kier alpha value is -2.93. The summed E-state index contributed by atoms with van der Waals surface area (Å²) in [6.07, 6.45) is 1.22. The SMILES string of the molecule is O=C1Nc2ccccc2OC1CC(=O)N1CCCC(c2nc3ccccc3s2)C1. The van der Waals surface area contributed by atoms with Crippen LogP contribution in [0.1, 0.15) is 30.2 Å². The molecule has 5 rings (SSSR count). The molecule has 6 nitrogen and oxygen atoms in total. The first-order chi connectivity index (χ1) is 14.2. The van der Waals surface area contributed by atoms with E-state index in [1.807, 2.05) is 35.2 Å². The van der Waals surface area contributed by atoms with Crippen LogP contribution in [-0.4, -0.2) is 40.9 Å². The van der Waals surface area contributed by atoms with Crippen LogP contribution in [0.25, 0.3) is 10.2 Å². The topological polar surface area (TPSA) is 71.5 Å². The Morgan fingerprint density at radius 3 is 2.93 bits per heavy atom. The Morgan fingerprint density at radius 1 is 1.21 bits per heavy atom. The Balaban J connectivity index is 1.27. The molecule has 0 bridgehead atoms. The standard InChI is InChI=1S/C22H21N3O3S/c26-20(12-18-21(27)23-15-7-1-3-9-17(15)28-18)25-11-5-6-14(13-25)22-24-16-8-2-4-10-19(16)29-22/h1-4,7-10,14,18H,5-6,11-13H2,(H,23,27). The van der Waals surface area contributed by atoms with Gasteiger partial charge in [0.15, 0.2) is 6.10 Å². The lowest BCUT2D eigenvalue weighted by Gasteiger charge is -2.33. The van der Waals surface area contributed by atoms with Crippen molar-refractivity contribution in [2.75, 3.05) is 18.4 Å². The summed E-state index contributed by atoms with van der Waals surface area (Å²) in [6.45, 7) is 1.36. The molecule has 0 aliphatic carbocycles. The predicted octanol–water partition coefficient (Wildman–Crippen LogP) is 3.79. The van der Waals surface area contributed by atoms with Gasteiger partial charge >= 0.3 is 0 Å². The first kappa shape index (κ1) is 18.1. The van der Waals surface area contributed by atoms with E-state index in [-0.39, 0.29) is 24.2 Å². The number of fused-ring (bicyclic) bond motifs is 2. The molecule has 7 heteroatoms. The average molecular weight is 407 g/mol. The Morgan fingerprint density at radius 2 is 2.03 bits per heavy atom. The molecule has 2 aromatic carbocycles. The normalized spacial score (nSPS) is 21.4.